The molecule has 1 aromatic heterocycles. The number of rotatable bonds is 8. The summed E-state index contributed by atoms with van der Waals surface area (Å²) >= 11 is 0. The SMILES string of the molecule is CCCNc1ccnc(CN(C)CC(=O)NC2CC2)c1. The predicted molar refractivity (Wildman–Crippen MR) is 80.5 cm³/mol. The highest BCUT2D eigenvalue weighted by Crippen LogP contribution is 2.18. The Bertz CT molecular complexity index is 445. The molecule has 1 aliphatic rings. The molecule has 0 atom stereocenters. The van der Waals surface area contributed by atoms with Crippen LogP contribution >= 0.6 is 0 Å². The highest BCUT2D eigenvalue weighted by Gasteiger charge is 2.23. The fourth-order valence-corrected chi connectivity index (χ4v) is 2.02. The minimum atomic E-state index is 0.107. The van der Waals surface area contributed by atoms with Crippen LogP contribution in [0.25, 0.3) is 0 Å². The molecule has 0 saturated heterocycles. The number of carbonyl (C=O) groups excluding carboxylic acids is 1. The standard InChI is InChI=1S/C15H24N4O/c1-3-7-16-13-6-8-17-14(9-13)10-19(2)11-15(20)18-12-4-5-12/h6,8-9,12H,3-5,7,10-11H2,1-2H3,(H,16,17)(H,18,20). The Kier molecular flexibility index (Phi) is 5.35. The minimum Gasteiger partial charge on any atom is -0.385 e. The molecule has 0 aromatic carbocycles. The summed E-state index contributed by atoms with van der Waals surface area (Å²) in [4.78, 5) is 18.1. The second kappa shape index (κ2) is 7.24. The second-order valence-electron chi connectivity index (χ2n) is 5.48. The molecule has 0 spiro atoms. The van der Waals surface area contributed by atoms with Gasteiger partial charge in [-0.3, -0.25) is 14.7 Å². The first-order valence-electron chi connectivity index (χ1n) is 7.34. The van der Waals surface area contributed by atoms with E-state index >= 15 is 0 Å². The summed E-state index contributed by atoms with van der Waals surface area (Å²) in [5, 5.41) is 6.34. The van der Waals surface area contributed by atoms with Gasteiger partial charge in [-0.05, 0) is 38.4 Å². The van der Waals surface area contributed by atoms with Crippen LogP contribution in [0.15, 0.2) is 18.3 Å². The Morgan fingerprint density at radius 3 is 3.00 bits per heavy atom. The van der Waals surface area contributed by atoms with E-state index in [2.05, 4.69) is 22.5 Å². The lowest BCUT2D eigenvalue weighted by Gasteiger charge is -2.16. The lowest BCUT2D eigenvalue weighted by atomic mass is 10.3. The third-order valence-corrected chi connectivity index (χ3v) is 3.18. The number of likely N-dealkylation sites (N-methyl/N-ethyl adjacent to an activating group) is 1. The van der Waals surface area contributed by atoms with Crippen molar-refractivity contribution in [2.45, 2.75) is 38.8 Å². The van der Waals surface area contributed by atoms with E-state index in [4.69, 9.17) is 0 Å². The molecule has 5 nitrogen and oxygen atoms in total. The molecule has 1 amide bonds. The van der Waals surface area contributed by atoms with E-state index in [0.29, 0.717) is 19.1 Å². The van der Waals surface area contributed by atoms with Crippen molar-refractivity contribution >= 4 is 11.6 Å². The molecular weight excluding hydrogens is 252 g/mol. The summed E-state index contributed by atoms with van der Waals surface area (Å²) in [6.45, 7) is 4.20. The zero-order valence-electron chi connectivity index (χ0n) is 12.4. The highest BCUT2D eigenvalue weighted by atomic mass is 16.2. The predicted octanol–water partition coefficient (Wildman–Crippen LogP) is 1.61. The number of nitrogens with zero attached hydrogens (tertiary/aromatic N) is 2. The largest absolute Gasteiger partial charge is 0.385 e. The van der Waals surface area contributed by atoms with Crippen molar-refractivity contribution in [3.8, 4) is 0 Å². The Labute approximate surface area is 120 Å². The van der Waals surface area contributed by atoms with E-state index in [-0.39, 0.29) is 5.91 Å². The van der Waals surface area contributed by atoms with Crippen molar-refractivity contribution < 1.29 is 4.79 Å². The summed E-state index contributed by atoms with van der Waals surface area (Å²) in [6, 6.07) is 4.44. The lowest BCUT2D eigenvalue weighted by molar-refractivity contribution is -0.122. The number of carbonyl (C=O) groups is 1. The van der Waals surface area contributed by atoms with Crippen LogP contribution in [0, 0.1) is 0 Å². The van der Waals surface area contributed by atoms with Gasteiger partial charge < -0.3 is 10.6 Å². The van der Waals surface area contributed by atoms with Crippen LogP contribution in [-0.2, 0) is 11.3 Å². The maximum absolute atomic E-state index is 11.7. The summed E-state index contributed by atoms with van der Waals surface area (Å²) in [5.41, 5.74) is 2.07. The van der Waals surface area contributed by atoms with Gasteiger partial charge in [0, 0.05) is 31.0 Å². The Hall–Kier alpha value is -1.62. The average Bonchev–Trinajstić information content (AvgIpc) is 3.20. The van der Waals surface area contributed by atoms with E-state index in [9.17, 15) is 4.79 Å². The lowest BCUT2D eigenvalue weighted by Crippen LogP contribution is -2.36. The van der Waals surface area contributed by atoms with Crippen LogP contribution in [0.3, 0.4) is 0 Å². The first-order valence-corrected chi connectivity index (χ1v) is 7.34. The number of amides is 1. The summed E-state index contributed by atoms with van der Waals surface area (Å²) in [7, 11) is 1.94. The number of pyridine rings is 1. The number of nitrogens with one attached hydrogen (secondary N) is 2. The highest BCUT2D eigenvalue weighted by molar-refractivity contribution is 5.78. The van der Waals surface area contributed by atoms with E-state index < -0.39 is 0 Å². The molecule has 2 rings (SSSR count). The van der Waals surface area contributed by atoms with Crippen LogP contribution in [-0.4, -0.2) is 42.0 Å². The summed E-state index contributed by atoms with van der Waals surface area (Å²) in [6.07, 6.45) is 5.16. The average molecular weight is 276 g/mol. The topological polar surface area (TPSA) is 57.3 Å². The normalized spacial score (nSPS) is 14.3. The first-order chi connectivity index (χ1) is 9.67. The smallest absolute Gasteiger partial charge is 0.234 e. The van der Waals surface area contributed by atoms with Gasteiger partial charge in [-0.15, -0.1) is 0 Å². The number of aromatic nitrogens is 1. The van der Waals surface area contributed by atoms with Gasteiger partial charge in [0.25, 0.3) is 0 Å². The molecule has 0 bridgehead atoms. The molecule has 2 N–H and O–H groups in total. The van der Waals surface area contributed by atoms with Gasteiger partial charge >= 0.3 is 0 Å². The molecule has 1 fully saturated rings. The molecule has 0 radical (unpaired) electrons. The second-order valence-corrected chi connectivity index (χ2v) is 5.48. The number of hydrogen-bond donors (Lipinski definition) is 2. The van der Waals surface area contributed by atoms with Crippen LogP contribution < -0.4 is 10.6 Å². The van der Waals surface area contributed by atoms with E-state index in [0.717, 1.165) is 37.2 Å². The van der Waals surface area contributed by atoms with Gasteiger partial charge in [0.15, 0.2) is 0 Å². The fraction of sp³-hybridized carbons (Fsp3) is 0.600. The number of hydrogen-bond acceptors (Lipinski definition) is 4. The van der Waals surface area contributed by atoms with Crippen molar-refractivity contribution in [1.29, 1.82) is 0 Å². The maximum Gasteiger partial charge on any atom is 0.234 e. The summed E-state index contributed by atoms with van der Waals surface area (Å²) in [5.74, 6) is 0.107. The Morgan fingerprint density at radius 1 is 1.50 bits per heavy atom. The van der Waals surface area contributed by atoms with Crippen molar-refractivity contribution in [1.82, 2.24) is 15.2 Å². The van der Waals surface area contributed by atoms with E-state index in [1.54, 1.807) is 0 Å². The maximum atomic E-state index is 11.7. The summed E-state index contributed by atoms with van der Waals surface area (Å²) < 4.78 is 0. The van der Waals surface area contributed by atoms with Crippen molar-refractivity contribution in [2.75, 3.05) is 25.5 Å². The Morgan fingerprint density at radius 2 is 2.30 bits per heavy atom. The van der Waals surface area contributed by atoms with Gasteiger partial charge in [0.05, 0.1) is 12.2 Å². The molecule has 1 aliphatic carbocycles. The Balaban J connectivity index is 1.80. The van der Waals surface area contributed by atoms with Gasteiger partial charge in [-0.2, -0.15) is 0 Å². The third-order valence-electron chi connectivity index (χ3n) is 3.18. The molecule has 0 aliphatic heterocycles. The first kappa shape index (κ1) is 14.8. The zero-order valence-corrected chi connectivity index (χ0v) is 12.4. The molecule has 1 aromatic rings. The van der Waals surface area contributed by atoms with Gasteiger partial charge in [-0.1, -0.05) is 6.92 Å². The van der Waals surface area contributed by atoms with Crippen molar-refractivity contribution in [3.05, 3.63) is 24.0 Å². The van der Waals surface area contributed by atoms with E-state index in [1.807, 2.05) is 30.3 Å². The van der Waals surface area contributed by atoms with E-state index in [1.165, 1.54) is 0 Å². The molecule has 110 valence electrons. The quantitative estimate of drug-likeness (QED) is 0.757. The molecule has 0 unspecified atom stereocenters. The zero-order chi connectivity index (χ0) is 14.4. The van der Waals surface area contributed by atoms with Crippen molar-refractivity contribution in [3.63, 3.8) is 0 Å². The van der Waals surface area contributed by atoms with Gasteiger partial charge in [0.2, 0.25) is 5.91 Å². The van der Waals surface area contributed by atoms with Crippen LogP contribution in [0.2, 0.25) is 0 Å². The molecular formula is C15H24N4O. The molecule has 20 heavy (non-hydrogen) atoms. The monoisotopic (exact) mass is 276 g/mol. The molecule has 5 heteroatoms. The van der Waals surface area contributed by atoms with Crippen LogP contribution in [0.4, 0.5) is 5.69 Å². The van der Waals surface area contributed by atoms with Crippen LogP contribution in [0.5, 0.6) is 0 Å². The fourth-order valence-electron chi connectivity index (χ4n) is 2.02. The third kappa shape index (κ3) is 5.17. The van der Waals surface area contributed by atoms with Gasteiger partial charge in [-0.25, -0.2) is 0 Å². The molecule has 1 heterocycles. The van der Waals surface area contributed by atoms with Crippen molar-refractivity contribution in [2.24, 2.45) is 0 Å². The minimum absolute atomic E-state index is 0.107. The van der Waals surface area contributed by atoms with Gasteiger partial charge in [0.1, 0.15) is 0 Å². The molecule has 1 saturated carbocycles. The van der Waals surface area contributed by atoms with Crippen LogP contribution in [0.1, 0.15) is 31.9 Å². The number of anilines is 1.